The van der Waals surface area contributed by atoms with Gasteiger partial charge < -0.3 is 9.88 Å². The van der Waals surface area contributed by atoms with Gasteiger partial charge in [-0.25, -0.2) is 0 Å². The summed E-state index contributed by atoms with van der Waals surface area (Å²) in [5, 5.41) is 1.14. The minimum absolute atomic E-state index is 0.178. The molecular weight excluding hydrogens is 332 g/mol. The van der Waals surface area contributed by atoms with E-state index < -0.39 is 5.41 Å². The summed E-state index contributed by atoms with van der Waals surface area (Å²) in [6, 6.07) is 15.1. The van der Waals surface area contributed by atoms with E-state index in [1.54, 1.807) is 0 Å². The summed E-state index contributed by atoms with van der Waals surface area (Å²) in [7, 11) is 0. The van der Waals surface area contributed by atoms with Crippen LogP contribution in [0.15, 0.2) is 42.5 Å². The number of carbonyl (C=O) groups is 1. The highest BCUT2D eigenvalue weighted by Crippen LogP contribution is 2.31. The Balaban J connectivity index is 2.02. The number of nitrogens with one attached hydrogen (secondary N) is 1. The van der Waals surface area contributed by atoms with E-state index in [-0.39, 0.29) is 5.91 Å². The molecule has 0 saturated carbocycles. The largest absolute Gasteiger partial charge is 0.355 e. The van der Waals surface area contributed by atoms with Gasteiger partial charge in [0, 0.05) is 29.7 Å². The fraction of sp³-hybridized carbons (Fsp3) is 0.375. The molecule has 27 heavy (non-hydrogen) atoms. The highest BCUT2D eigenvalue weighted by molar-refractivity contribution is 5.91. The zero-order chi connectivity index (χ0) is 19.8. The molecule has 0 spiro atoms. The number of aromatic nitrogens is 1. The molecule has 1 amide bonds. The maximum atomic E-state index is 13.0. The first kappa shape index (κ1) is 19.2. The second-order valence-electron chi connectivity index (χ2n) is 7.96. The van der Waals surface area contributed by atoms with Gasteiger partial charge in [0.2, 0.25) is 5.91 Å². The van der Waals surface area contributed by atoms with Crippen LogP contribution in [0.1, 0.15) is 44.4 Å². The van der Waals surface area contributed by atoms with Crippen molar-refractivity contribution in [3.63, 3.8) is 0 Å². The van der Waals surface area contributed by atoms with Gasteiger partial charge in [-0.2, -0.15) is 0 Å². The Morgan fingerprint density at radius 1 is 0.963 bits per heavy atom. The number of fused-ring (bicyclic) bond motifs is 1. The molecule has 2 aromatic carbocycles. The minimum atomic E-state index is -0.544. The van der Waals surface area contributed by atoms with Crippen LogP contribution in [0.5, 0.6) is 0 Å². The minimum Gasteiger partial charge on any atom is -0.355 e. The molecule has 3 aromatic rings. The van der Waals surface area contributed by atoms with Gasteiger partial charge in [-0.15, -0.1) is 0 Å². The van der Waals surface area contributed by atoms with Gasteiger partial charge in [0.25, 0.3) is 0 Å². The number of rotatable bonds is 5. The summed E-state index contributed by atoms with van der Waals surface area (Å²) >= 11 is 0. The number of amides is 1. The smallest absolute Gasteiger partial charge is 0.232 e. The van der Waals surface area contributed by atoms with E-state index in [0.717, 1.165) is 35.2 Å². The Kier molecular flexibility index (Phi) is 5.14. The molecule has 0 aliphatic heterocycles. The Labute approximate surface area is 162 Å². The van der Waals surface area contributed by atoms with Crippen LogP contribution in [0.3, 0.4) is 0 Å². The van der Waals surface area contributed by atoms with Crippen LogP contribution in [0.25, 0.3) is 22.2 Å². The summed E-state index contributed by atoms with van der Waals surface area (Å²) in [4.78, 5) is 18.4. The van der Waals surface area contributed by atoms with Gasteiger partial charge >= 0.3 is 0 Å². The normalized spacial score (nSPS) is 11.8. The molecule has 0 aliphatic carbocycles. The van der Waals surface area contributed by atoms with Crippen molar-refractivity contribution >= 4 is 16.8 Å². The van der Waals surface area contributed by atoms with Gasteiger partial charge in [-0.1, -0.05) is 23.3 Å². The van der Waals surface area contributed by atoms with Gasteiger partial charge in [0.05, 0.1) is 5.41 Å². The highest BCUT2D eigenvalue weighted by atomic mass is 16.2. The van der Waals surface area contributed by atoms with E-state index in [2.05, 4.69) is 61.3 Å². The van der Waals surface area contributed by atoms with Crippen LogP contribution >= 0.6 is 0 Å². The van der Waals surface area contributed by atoms with Crippen LogP contribution < -0.4 is 0 Å². The lowest BCUT2D eigenvalue weighted by Crippen LogP contribution is -2.43. The van der Waals surface area contributed by atoms with Crippen molar-refractivity contribution in [3.05, 3.63) is 59.2 Å². The summed E-state index contributed by atoms with van der Waals surface area (Å²) in [5.41, 5.74) is 6.44. The second-order valence-corrected chi connectivity index (χ2v) is 7.96. The van der Waals surface area contributed by atoms with Gasteiger partial charge in [0.15, 0.2) is 0 Å². The third-order valence-corrected chi connectivity index (χ3v) is 5.46. The lowest BCUT2D eigenvalue weighted by atomic mass is 9.82. The number of likely N-dealkylation sites (N-methyl/N-ethyl adjacent to an activating group) is 1. The van der Waals surface area contributed by atoms with E-state index in [9.17, 15) is 4.79 Å². The number of hydrogen-bond acceptors (Lipinski definition) is 1. The Bertz CT molecular complexity index is 957. The SMILES string of the molecule is CCN(CC)C(=O)C(C)(C)c1ccc2[nH]c(-c3cc(C)cc(C)c3)cc2c1. The van der Waals surface area contributed by atoms with Crippen LogP contribution in [0.4, 0.5) is 0 Å². The van der Waals surface area contributed by atoms with E-state index in [4.69, 9.17) is 0 Å². The quantitative estimate of drug-likeness (QED) is 0.630. The van der Waals surface area contributed by atoms with Crippen LogP contribution in [0.2, 0.25) is 0 Å². The fourth-order valence-corrected chi connectivity index (χ4v) is 3.84. The lowest BCUT2D eigenvalue weighted by molar-refractivity contribution is -0.135. The molecule has 3 heteroatoms. The third kappa shape index (κ3) is 3.64. The Morgan fingerprint density at radius 3 is 2.19 bits per heavy atom. The van der Waals surface area contributed by atoms with Gasteiger partial charge in [0.1, 0.15) is 0 Å². The number of aromatic amines is 1. The van der Waals surface area contributed by atoms with E-state index in [1.165, 1.54) is 16.7 Å². The van der Waals surface area contributed by atoms with Crippen molar-refractivity contribution in [3.8, 4) is 11.3 Å². The molecule has 1 N–H and O–H groups in total. The molecular formula is C24H30N2O. The first-order valence-corrected chi connectivity index (χ1v) is 9.77. The third-order valence-electron chi connectivity index (χ3n) is 5.46. The highest BCUT2D eigenvalue weighted by Gasteiger charge is 2.32. The number of benzene rings is 2. The molecule has 1 heterocycles. The topological polar surface area (TPSA) is 36.1 Å². The number of nitrogens with zero attached hydrogens (tertiary/aromatic N) is 1. The van der Waals surface area contributed by atoms with E-state index in [0.29, 0.717) is 0 Å². The van der Waals surface area contributed by atoms with Crippen molar-refractivity contribution in [1.29, 1.82) is 0 Å². The van der Waals surface area contributed by atoms with E-state index in [1.807, 2.05) is 32.6 Å². The average molecular weight is 363 g/mol. The predicted molar refractivity (Wildman–Crippen MR) is 114 cm³/mol. The van der Waals surface area contributed by atoms with Gasteiger partial charge in [-0.05, 0) is 83.0 Å². The van der Waals surface area contributed by atoms with Crippen molar-refractivity contribution in [2.45, 2.75) is 47.0 Å². The number of carbonyl (C=O) groups excluding carboxylic acids is 1. The molecule has 0 saturated heterocycles. The second kappa shape index (κ2) is 7.22. The molecule has 0 atom stereocenters. The van der Waals surface area contributed by atoms with Crippen molar-refractivity contribution in [2.24, 2.45) is 0 Å². The number of aryl methyl sites for hydroxylation is 2. The fourth-order valence-electron chi connectivity index (χ4n) is 3.84. The first-order valence-electron chi connectivity index (χ1n) is 9.77. The monoisotopic (exact) mass is 362 g/mol. The summed E-state index contributed by atoms with van der Waals surface area (Å²) in [6.45, 7) is 13.8. The zero-order valence-corrected chi connectivity index (χ0v) is 17.3. The molecule has 1 aromatic heterocycles. The van der Waals surface area contributed by atoms with Crippen LogP contribution in [0, 0.1) is 13.8 Å². The summed E-state index contributed by atoms with van der Waals surface area (Å²) in [5.74, 6) is 0.178. The Hall–Kier alpha value is -2.55. The molecule has 3 nitrogen and oxygen atoms in total. The van der Waals surface area contributed by atoms with Crippen molar-refractivity contribution in [2.75, 3.05) is 13.1 Å². The summed E-state index contributed by atoms with van der Waals surface area (Å²) < 4.78 is 0. The standard InChI is InChI=1S/C24H30N2O/c1-7-26(8-2)23(27)24(5,6)20-9-10-21-19(14-20)15-22(25-21)18-12-16(3)11-17(4)13-18/h9-15,25H,7-8H2,1-6H3. The molecule has 0 unspecified atom stereocenters. The number of H-pyrrole nitrogens is 1. The maximum Gasteiger partial charge on any atom is 0.232 e. The molecule has 0 radical (unpaired) electrons. The van der Waals surface area contributed by atoms with E-state index >= 15 is 0 Å². The van der Waals surface area contributed by atoms with Crippen LogP contribution in [-0.4, -0.2) is 28.9 Å². The Morgan fingerprint density at radius 2 is 1.59 bits per heavy atom. The average Bonchev–Trinajstić information content (AvgIpc) is 3.05. The molecule has 142 valence electrons. The lowest BCUT2D eigenvalue weighted by Gasteiger charge is -2.31. The molecule has 3 rings (SSSR count). The molecule has 0 bridgehead atoms. The van der Waals surface area contributed by atoms with Crippen molar-refractivity contribution < 1.29 is 4.79 Å². The zero-order valence-electron chi connectivity index (χ0n) is 17.3. The molecule has 0 fully saturated rings. The van der Waals surface area contributed by atoms with Crippen LogP contribution in [-0.2, 0) is 10.2 Å². The maximum absolute atomic E-state index is 13.0. The summed E-state index contributed by atoms with van der Waals surface area (Å²) in [6.07, 6.45) is 0. The van der Waals surface area contributed by atoms with Crippen molar-refractivity contribution in [1.82, 2.24) is 9.88 Å². The predicted octanol–water partition coefficient (Wildman–Crippen LogP) is 5.60. The molecule has 0 aliphatic rings. The number of hydrogen-bond donors (Lipinski definition) is 1. The van der Waals surface area contributed by atoms with Gasteiger partial charge in [-0.3, -0.25) is 4.79 Å². The first-order chi connectivity index (χ1) is 12.8.